The molecule has 2 N–H and O–H groups in total. The van der Waals surface area contributed by atoms with Gasteiger partial charge in [-0.05, 0) is 65.7 Å². The van der Waals surface area contributed by atoms with Crippen LogP contribution in [0.4, 0.5) is 11.4 Å². The minimum atomic E-state index is -1.30. The molecule has 4 heterocycles. The van der Waals surface area contributed by atoms with E-state index in [1.165, 1.54) is 0 Å². The van der Waals surface area contributed by atoms with Crippen molar-refractivity contribution in [2.24, 2.45) is 0 Å². The first-order valence-corrected chi connectivity index (χ1v) is 15.7. The molecular weight excluding hydrogens is 608 g/mol. The van der Waals surface area contributed by atoms with Gasteiger partial charge in [0.2, 0.25) is 0 Å². The highest BCUT2D eigenvalue weighted by Gasteiger charge is 2.53. The van der Waals surface area contributed by atoms with Crippen LogP contribution in [0.25, 0.3) is 22.3 Å². The lowest BCUT2D eigenvalue weighted by atomic mass is 9.76. The van der Waals surface area contributed by atoms with E-state index in [9.17, 15) is 15.3 Å². The average molecular weight is 633 g/mol. The van der Waals surface area contributed by atoms with Crippen LogP contribution in [0.2, 0.25) is 0 Å². The molecule has 5 aromatic carbocycles. The summed E-state index contributed by atoms with van der Waals surface area (Å²) in [5.41, 5.74) is 8.63. The molecule has 0 aromatic heterocycles. The molecule has 49 heavy (non-hydrogen) atoms. The Morgan fingerprint density at radius 2 is 1.08 bits per heavy atom. The summed E-state index contributed by atoms with van der Waals surface area (Å²) in [6.07, 6.45) is 7.43. The molecule has 1 spiro atoms. The summed E-state index contributed by atoms with van der Waals surface area (Å²) in [7, 11) is 0. The lowest BCUT2D eigenvalue weighted by Crippen LogP contribution is -2.33. The number of carbonyl (C=O) groups excluding carboxylic acids is 1. The van der Waals surface area contributed by atoms with E-state index in [0.29, 0.717) is 56.0 Å². The van der Waals surface area contributed by atoms with Gasteiger partial charge in [0.1, 0.15) is 23.6 Å². The molecule has 0 amide bonds. The van der Waals surface area contributed by atoms with Gasteiger partial charge < -0.3 is 20.1 Å². The molecular formula is C42H24N4O3. The third-order valence-corrected chi connectivity index (χ3v) is 9.47. The second-order valence-electron chi connectivity index (χ2n) is 12.0. The van der Waals surface area contributed by atoms with Crippen molar-refractivity contribution >= 4 is 39.6 Å². The number of hydrogen-bond acceptors (Lipinski definition) is 7. The summed E-state index contributed by atoms with van der Waals surface area (Å²) < 4.78 is 13.1. The van der Waals surface area contributed by atoms with Crippen molar-refractivity contribution < 1.29 is 14.3 Å². The van der Waals surface area contributed by atoms with Gasteiger partial charge in [-0.25, -0.2) is 4.79 Å². The summed E-state index contributed by atoms with van der Waals surface area (Å²) in [5.74, 6) is 0.462. The van der Waals surface area contributed by atoms with Crippen LogP contribution >= 0.6 is 0 Å². The van der Waals surface area contributed by atoms with Gasteiger partial charge >= 0.3 is 5.97 Å². The number of nitrogens with one attached hydrogen (secondary N) is 2. The summed E-state index contributed by atoms with van der Waals surface area (Å²) in [5, 5.41) is 27.5. The molecule has 0 saturated heterocycles. The minimum absolute atomic E-state index is 0.435. The molecule has 0 unspecified atom stereocenters. The minimum Gasteiger partial charge on any atom is -0.456 e. The largest absolute Gasteiger partial charge is 0.456 e. The second kappa shape index (κ2) is 10.7. The van der Waals surface area contributed by atoms with Crippen LogP contribution in [0.3, 0.4) is 0 Å². The predicted molar refractivity (Wildman–Crippen MR) is 188 cm³/mol. The molecule has 7 heteroatoms. The van der Waals surface area contributed by atoms with Gasteiger partial charge in [0.15, 0.2) is 5.60 Å². The first-order chi connectivity index (χ1) is 24.1. The van der Waals surface area contributed by atoms with Crippen molar-refractivity contribution in [1.29, 1.82) is 10.5 Å². The highest BCUT2D eigenvalue weighted by molar-refractivity contribution is 6.06. The highest BCUT2D eigenvalue weighted by atomic mass is 16.6. The molecule has 4 aliphatic rings. The van der Waals surface area contributed by atoms with Crippen LogP contribution in [0.15, 0.2) is 134 Å². The van der Waals surface area contributed by atoms with E-state index in [4.69, 9.17) is 9.47 Å². The van der Waals surface area contributed by atoms with Gasteiger partial charge in [0, 0.05) is 62.7 Å². The molecule has 4 aliphatic heterocycles. The normalized spacial score (nSPS) is 19.3. The van der Waals surface area contributed by atoms with Gasteiger partial charge in [-0.15, -0.1) is 0 Å². The number of nitriles is 2. The van der Waals surface area contributed by atoms with Crippen molar-refractivity contribution in [3.05, 3.63) is 178 Å². The fraction of sp³-hybridized carbons (Fsp3) is 0.0238. The number of anilines is 2. The van der Waals surface area contributed by atoms with Crippen LogP contribution in [0, 0.1) is 22.7 Å². The van der Waals surface area contributed by atoms with E-state index in [-0.39, 0.29) is 0 Å². The zero-order valence-corrected chi connectivity index (χ0v) is 25.8. The Balaban J connectivity index is 1.26. The maximum atomic E-state index is 13.5. The molecule has 0 atom stereocenters. The number of esters is 1. The quantitative estimate of drug-likeness (QED) is 0.148. The summed E-state index contributed by atoms with van der Waals surface area (Å²) in [6, 6.07) is 39.1. The molecule has 0 aliphatic carbocycles. The molecule has 230 valence electrons. The number of allylic oxidation sites excluding steroid dienone is 6. The van der Waals surface area contributed by atoms with E-state index < -0.39 is 11.6 Å². The number of hydrogen-bond donors (Lipinski definition) is 2. The Hall–Kier alpha value is -7.09. The van der Waals surface area contributed by atoms with Gasteiger partial charge in [0.25, 0.3) is 0 Å². The molecule has 0 fully saturated rings. The number of nitrogens with zero attached hydrogens (tertiary/aromatic N) is 2. The molecule has 0 bridgehead atoms. The average Bonchev–Trinajstić information content (AvgIpc) is 3.44. The Morgan fingerprint density at radius 3 is 1.61 bits per heavy atom. The number of para-hydroxylation sites is 2. The molecule has 7 nitrogen and oxygen atoms in total. The third-order valence-electron chi connectivity index (χ3n) is 9.47. The van der Waals surface area contributed by atoms with Crippen molar-refractivity contribution in [2.45, 2.75) is 5.60 Å². The molecule has 9 rings (SSSR count). The predicted octanol–water partition coefficient (Wildman–Crippen LogP) is 9.00. The van der Waals surface area contributed by atoms with Crippen LogP contribution in [0.5, 0.6) is 11.5 Å². The lowest BCUT2D eigenvalue weighted by Gasteiger charge is -2.37. The van der Waals surface area contributed by atoms with Gasteiger partial charge in [0.05, 0.1) is 16.7 Å². The maximum absolute atomic E-state index is 13.5. The van der Waals surface area contributed by atoms with Gasteiger partial charge in [-0.2, -0.15) is 10.5 Å². The highest BCUT2D eigenvalue weighted by Crippen LogP contribution is 2.57. The number of fused-ring (bicyclic) bond motifs is 8. The van der Waals surface area contributed by atoms with E-state index in [0.717, 1.165) is 33.6 Å². The topological polar surface area (TPSA) is 107 Å². The van der Waals surface area contributed by atoms with Gasteiger partial charge in [-0.3, -0.25) is 0 Å². The van der Waals surface area contributed by atoms with Crippen molar-refractivity contribution in [3.63, 3.8) is 0 Å². The number of rotatable bonds is 2. The number of ether oxygens (including phenoxy) is 2. The van der Waals surface area contributed by atoms with Crippen LogP contribution in [0.1, 0.15) is 49.3 Å². The Kier molecular flexibility index (Phi) is 6.17. The number of carbonyl (C=O) groups is 1. The third kappa shape index (κ3) is 4.10. The Bertz CT molecular complexity index is 2370. The summed E-state index contributed by atoms with van der Waals surface area (Å²) >= 11 is 0. The summed E-state index contributed by atoms with van der Waals surface area (Å²) in [4.78, 5) is 13.5. The van der Waals surface area contributed by atoms with E-state index in [1.54, 1.807) is 6.07 Å². The van der Waals surface area contributed by atoms with Crippen molar-refractivity contribution in [3.8, 4) is 23.6 Å². The van der Waals surface area contributed by atoms with Crippen LogP contribution in [-0.4, -0.2) is 5.97 Å². The monoisotopic (exact) mass is 632 g/mol. The lowest BCUT2D eigenvalue weighted by molar-refractivity contribution is 0.0224. The standard InChI is InChI=1S/C42H24N4O3/c43-23-32(27-17-19-45-37-11-5-2-7-29(27)37)25-13-15-35-39(21-25)48-40-22-26(33(24-44)28-18-20-46-38-12-6-3-8-30(28)38)14-16-36(40)42(35)34-10-4-1-9-31(34)41(47)49-42/h1-22,45-46H/b32-27+,33-28+. The van der Waals surface area contributed by atoms with E-state index in [1.807, 2.05) is 128 Å². The Morgan fingerprint density at radius 1 is 0.592 bits per heavy atom. The zero-order chi connectivity index (χ0) is 33.1. The summed E-state index contributed by atoms with van der Waals surface area (Å²) in [6.45, 7) is 0. The molecule has 0 radical (unpaired) electrons. The van der Waals surface area contributed by atoms with Crippen molar-refractivity contribution in [1.82, 2.24) is 0 Å². The van der Waals surface area contributed by atoms with Crippen LogP contribution in [-0.2, 0) is 10.3 Å². The zero-order valence-electron chi connectivity index (χ0n) is 25.8. The second-order valence-corrected chi connectivity index (χ2v) is 12.0. The van der Waals surface area contributed by atoms with E-state index >= 15 is 0 Å². The Labute approximate surface area is 282 Å². The first-order valence-electron chi connectivity index (χ1n) is 15.7. The fourth-order valence-corrected chi connectivity index (χ4v) is 7.28. The molecule has 5 aromatic rings. The fourth-order valence-electron chi connectivity index (χ4n) is 7.28. The maximum Gasteiger partial charge on any atom is 0.340 e. The molecule has 0 saturated carbocycles. The van der Waals surface area contributed by atoms with Gasteiger partial charge in [-0.1, -0.05) is 66.7 Å². The number of benzene rings is 5. The first kappa shape index (κ1) is 28.2. The van der Waals surface area contributed by atoms with E-state index in [2.05, 4.69) is 22.8 Å². The van der Waals surface area contributed by atoms with Crippen molar-refractivity contribution in [2.75, 3.05) is 10.6 Å². The SMILES string of the molecule is N#C/C(=C1/C=CNc2ccccc21)c1ccc2c(c1)Oc1cc(/C(C#N)=C3\C=CNc4ccccc43)ccc1C21OC(=O)c2ccccc21. The van der Waals surface area contributed by atoms with Crippen LogP contribution < -0.4 is 15.4 Å². The smallest absolute Gasteiger partial charge is 0.340 e.